The van der Waals surface area contributed by atoms with Gasteiger partial charge in [-0.05, 0) is 38.8 Å². The molecule has 0 radical (unpaired) electrons. The van der Waals surface area contributed by atoms with Crippen LogP contribution in [0.1, 0.15) is 37.2 Å². The van der Waals surface area contributed by atoms with Crippen molar-refractivity contribution in [2.24, 2.45) is 0 Å². The Kier molecular flexibility index (Phi) is 5.65. The number of hydrogen-bond donors (Lipinski definition) is 1. The third-order valence-corrected chi connectivity index (χ3v) is 4.39. The van der Waals surface area contributed by atoms with E-state index in [0.717, 1.165) is 5.39 Å². The van der Waals surface area contributed by atoms with E-state index in [2.05, 4.69) is 5.32 Å². The minimum Gasteiger partial charge on any atom is -0.490 e. The van der Waals surface area contributed by atoms with E-state index >= 15 is 0 Å². The maximum absolute atomic E-state index is 12.5. The maximum atomic E-state index is 12.5. The highest BCUT2D eigenvalue weighted by Gasteiger charge is 2.25. The number of furan rings is 1. The van der Waals surface area contributed by atoms with Crippen molar-refractivity contribution in [3.05, 3.63) is 30.0 Å². The Hall–Kier alpha value is -2.70. The van der Waals surface area contributed by atoms with E-state index in [9.17, 15) is 9.59 Å². The first kappa shape index (κ1) is 18.1. The van der Waals surface area contributed by atoms with Crippen LogP contribution in [-0.4, -0.2) is 49.2 Å². The zero-order chi connectivity index (χ0) is 18.5. The van der Waals surface area contributed by atoms with Crippen LogP contribution in [0.3, 0.4) is 0 Å². The molecular formula is C19H24N2O5. The van der Waals surface area contributed by atoms with Crippen molar-refractivity contribution in [2.45, 2.75) is 32.7 Å². The quantitative estimate of drug-likeness (QED) is 0.886. The average molecular weight is 360 g/mol. The van der Waals surface area contributed by atoms with Crippen molar-refractivity contribution in [2.75, 3.05) is 26.3 Å². The number of carbonyl (C=O) groups excluding carboxylic acids is 2. The van der Waals surface area contributed by atoms with E-state index in [4.69, 9.17) is 13.9 Å². The highest BCUT2D eigenvalue weighted by atomic mass is 16.6. The predicted octanol–water partition coefficient (Wildman–Crippen LogP) is 3.18. The van der Waals surface area contributed by atoms with Crippen molar-refractivity contribution < 1.29 is 23.5 Å². The molecule has 0 saturated carbocycles. The van der Waals surface area contributed by atoms with Crippen molar-refractivity contribution >= 4 is 23.0 Å². The fraction of sp³-hybridized carbons (Fsp3) is 0.474. The molecule has 0 bridgehead atoms. The molecule has 1 aromatic carbocycles. The van der Waals surface area contributed by atoms with Gasteiger partial charge in [-0.1, -0.05) is 12.1 Å². The second kappa shape index (κ2) is 8.12. The summed E-state index contributed by atoms with van der Waals surface area (Å²) in [5, 5.41) is 3.82. The van der Waals surface area contributed by atoms with E-state index < -0.39 is 0 Å². The molecule has 140 valence electrons. The minimum atomic E-state index is -0.294. The molecule has 1 saturated heterocycles. The van der Waals surface area contributed by atoms with Crippen molar-refractivity contribution in [3.63, 3.8) is 0 Å². The summed E-state index contributed by atoms with van der Waals surface area (Å²) in [5.74, 6) is 0.644. The van der Waals surface area contributed by atoms with Gasteiger partial charge in [0.25, 0.3) is 5.91 Å². The molecule has 2 heterocycles. The standard InChI is InChI=1S/C19H24N2O5/c1-3-24-15-7-5-6-13-12-16(26-17(13)15)18(22)20-14-8-10-21(11-9-14)19(23)25-4-2/h5-7,12,14H,3-4,8-11H2,1-2H3,(H,20,22). The highest BCUT2D eigenvalue weighted by Crippen LogP contribution is 2.29. The van der Waals surface area contributed by atoms with Gasteiger partial charge in [-0.15, -0.1) is 0 Å². The number of likely N-dealkylation sites (tertiary alicyclic amines) is 1. The molecule has 0 spiro atoms. The van der Waals surface area contributed by atoms with Crippen LogP contribution >= 0.6 is 0 Å². The lowest BCUT2D eigenvalue weighted by Gasteiger charge is -2.31. The fourth-order valence-corrected chi connectivity index (χ4v) is 3.10. The molecule has 0 unspecified atom stereocenters. The molecule has 1 fully saturated rings. The van der Waals surface area contributed by atoms with Gasteiger partial charge in [0, 0.05) is 24.5 Å². The Morgan fingerprint density at radius 3 is 2.69 bits per heavy atom. The summed E-state index contributed by atoms with van der Waals surface area (Å²) in [5.41, 5.74) is 0.580. The second-order valence-corrected chi connectivity index (χ2v) is 6.15. The largest absolute Gasteiger partial charge is 0.490 e. The van der Waals surface area contributed by atoms with Gasteiger partial charge in [0.1, 0.15) is 0 Å². The van der Waals surface area contributed by atoms with E-state index in [-0.39, 0.29) is 23.8 Å². The van der Waals surface area contributed by atoms with Crippen LogP contribution in [0.15, 0.2) is 28.7 Å². The summed E-state index contributed by atoms with van der Waals surface area (Å²) in [6.07, 6.45) is 1.09. The molecule has 1 N–H and O–H groups in total. The zero-order valence-electron chi connectivity index (χ0n) is 15.1. The number of amides is 2. The lowest BCUT2D eigenvalue weighted by Crippen LogP contribution is -2.46. The topological polar surface area (TPSA) is 81.0 Å². The van der Waals surface area contributed by atoms with E-state index in [1.165, 1.54) is 0 Å². The van der Waals surface area contributed by atoms with E-state index in [0.29, 0.717) is 50.5 Å². The number of carbonyl (C=O) groups is 2. The smallest absolute Gasteiger partial charge is 0.409 e. The monoisotopic (exact) mass is 360 g/mol. The molecule has 3 rings (SSSR count). The summed E-state index contributed by atoms with van der Waals surface area (Å²) >= 11 is 0. The molecule has 7 nitrogen and oxygen atoms in total. The molecule has 2 amide bonds. The number of fused-ring (bicyclic) bond motifs is 1. The van der Waals surface area contributed by atoms with E-state index in [1.807, 2.05) is 25.1 Å². The van der Waals surface area contributed by atoms with Gasteiger partial charge < -0.3 is 24.1 Å². The van der Waals surface area contributed by atoms with Crippen LogP contribution in [0, 0.1) is 0 Å². The Morgan fingerprint density at radius 2 is 2.00 bits per heavy atom. The minimum absolute atomic E-state index is 0.00718. The Labute approximate surface area is 152 Å². The van der Waals surface area contributed by atoms with Crippen LogP contribution in [0.2, 0.25) is 0 Å². The molecule has 26 heavy (non-hydrogen) atoms. The van der Waals surface area contributed by atoms with Gasteiger partial charge in [-0.3, -0.25) is 4.79 Å². The van der Waals surface area contributed by atoms with Gasteiger partial charge in [-0.25, -0.2) is 4.79 Å². The van der Waals surface area contributed by atoms with Crippen LogP contribution in [0.4, 0.5) is 4.79 Å². The molecule has 0 aliphatic carbocycles. The average Bonchev–Trinajstić information content (AvgIpc) is 3.08. The molecule has 1 aliphatic heterocycles. The Bertz CT molecular complexity index is 777. The number of ether oxygens (including phenoxy) is 2. The van der Waals surface area contributed by atoms with E-state index in [1.54, 1.807) is 17.9 Å². The number of benzene rings is 1. The maximum Gasteiger partial charge on any atom is 0.409 e. The van der Waals surface area contributed by atoms with Crippen molar-refractivity contribution in [3.8, 4) is 5.75 Å². The number of para-hydroxylation sites is 1. The fourth-order valence-electron chi connectivity index (χ4n) is 3.10. The first-order valence-corrected chi connectivity index (χ1v) is 9.00. The third kappa shape index (κ3) is 3.92. The molecule has 1 aromatic heterocycles. The number of nitrogens with one attached hydrogen (secondary N) is 1. The molecule has 1 aliphatic rings. The molecular weight excluding hydrogens is 336 g/mol. The first-order chi connectivity index (χ1) is 12.6. The number of piperidine rings is 1. The summed E-state index contributed by atoms with van der Waals surface area (Å²) in [6, 6.07) is 7.31. The molecule has 2 aromatic rings. The van der Waals surface area contributed by atoms with Gasteiger partial charge in [0.15, 0.2) is 17.1 Å². The van der Waals surface area contributed by atoms with Crippen LogP contribution in [0.5, 0.6) is 5.75 Å². The second-order valence-electron chi connectivity index (χ2n) is 6.15. The molecule has 0 atom stereocenters. The molecule has 7 heteroatoms. The van der Waals surface area contributed by atoms with Crippen LogP contribution < -0.4 is 10.1 Å². The summed E-state index contributed by atoms with van der Waals surface area (Å²) in [6.45, 7) is 5.72. The highest BCUT2D eigenvalue weighted by molar-refractivity contribution is 5.97. The predicted molar refractivity (Wildman–Crippen MR) is 96.5 cm³/mol. The Morgan fingerprint density at radius 1 is 1.23 bits per heavy atom. The lowest BCUT2D eigenvalue weighted by molar-refractivity contribution is 0.0842. The van der Waals surface area contributed by atoms with Crippen LogP contribution in [-0.2, 0) is 4.74 Å². The van der Waals surface area contributed by atoms with Crippen molar-refractivity contribution in [1.29, 1.82) is 0 Å². The summed E-state index contributed by atoms with van der Waals surface area (Å²) in [7, 11) is 0. The number of nitrogens with zero attached hydrogens (tertiary/aromatic N) is 1. The van der Waals surface area contributed by atoms with Gasteiger partial charge in [0.05, 0.1) is 13.2 Å². The van der Waals surface area contributed by atoms with Crippen LogP contribution in [0.25, 0.3) is 11.0 Å². The number of hydrogen-bond acceptors (Lipinski definition) is 5. The van der Waals surface area contributed by atoms with Gasteiger partial charge in [0.2, 0.25) is 0 Å². The normalized spacial score (nSPS) is 15.1. The Balaban J connectivity index is 1.61. The first-order valence-electron chi connectivity index (χ1n) is 9.00. The van der Waals surface area contributed by atoms with Gasteiger partial charge in [-0.2, -0.15) is 0 Å². The van der Waals surface area contributed by atoms with Gasteiger partial charge >= 0.3 is 6.09 Å². The number of rotatable bonds is 5. The zero-order valence-corrected chi connectivity index (χ0v) is 15.1. The van der Waals surface area contributed by atoms with Crippen molar-refractivity contribution in [1.82, 2.24) is 10.2 Å². The SMILES string of the molecule is CCOC(=O)N1CCC(NC(=O)c2cc3cccc(OCC)c3o2)CC1. The summed E-state index contributed by atoms with van der Waals surface area (Å²) < 4.78 is 16.3. The summed E-state index contributed by atoms with van der Waals surface area (Å²) in [4.78, 5) is 25.9. The third-order valence-electron chi connectivity index (χ3n) is 4.39. The lowest BCUT2D eigenvalue weighted by atomic mass is 10.1.